The van der Waals surface area contributed by atoms with Crippen molar-refractivity contribution in [2.75, 3.05) is 16.4 Å². The largest absolute Gasteiger partial charge is 0.382 e. The van der Waals surface area contributed by atoms with Gasteiger partial charge in [-0.05, 0) is 48.7 Å². The van der Waals surface area contributed by atoms with Gasteiger partial charge in [0.15, 0.2) is 11.6 Å². The molecule has 0 aliphatic rings. The van der Waals surface area contributed by atoms with Gasteiger partial charge in [0.05, 0.1) is 5.56 Å². The Labute approximate surface area is 185 Å². The number of fused-ring (bicyclic) bond motifs is 1. The Morgan fingerprint density at radius 2 is 1.69 bits per heavy atom. The first-order chi connectivity index (χ1) is 15.3. The molecule has 0 saturated heterocycles. The highest BCUT2D eigenvalue weighted by Crippen LogP contribution is 2.27. The van der Waals surface area contributed by atoms with Gasteiger partial charge < -0.3 is 16.4 Å². The van der Waals surface area contributed by atoms with Crippen LogP contribution in [0.4, 0.5) is 22.0 Å². The number of rotatable bonds is 5. The van der Waals surface area contributed by atoms with E-state index < -0.39 is 6.03 Å². The second kappa shape index (κ2) is 8.50. The van der Waals surface area contributed by atoms with E-state index in [1.54, 1.807) is 34.8 Å². The summed E-state index contributed by atoms with van der Waals surface area (Å²) in [4.78, 5) is 29.8. The summed E-state index contributed by atoms with van der Waals surface area (Å²) < 4.78 is 1.66. The number of ketones is 1. The molecule has 0 atom stereocenters. The van der Waals surface area contributed by atoms with Crippen molar-refractivity contribution in [3.05, 3.63) is 83.3 Å². The number of nitrogens with one attached hydrogen (secondary N) is 2. The van der Waals surface area contributed by atoms with Crippen LogP contribution in [0.15, 0.2) is 60.9 Å². The number of anilines is 3. The minimum absolute atomic E-state index is 0.136. The predicted octanol–water partition coefficient (Wildman–Crippen LogP) is 4.62. The lowest BCUT2D eigenvalue weighted by Gasteiger charge is -2.09. The molecule has 8 nitrogen and oxygen atoms in total. The highest BCUT2D eigenvalue weighted by molar-refractivity contribution is 6.15. The normalized spacial score (nSPS) is 11.0. The Hall–Kier alpha value is -4.20. The zero-order chi connectivity index (χ0) is 22.8. The molecule has 0 radical (unpaired) electrons. The molecule has 0 spiro atoms. The van der Waals surface area contributed by atoms with Gasteiger partial charge in [0, 0.05) is 22.6 Å². The van der Waals surface area contributed by atoms with Crippen LogP contribution in [0.25, 0.3) is 5.52 Å². The third-order valence-corrected chi connectivity index (χ3v) is 5.10. The van der Waals surface area contributed by atoms with Crippen LogP contribution in [0.1, 0.15) is 46.9 Å². The lowest BCUT2D eigenvalue weighted by atomic mass is 10.0. The molecule has 4 N–H and O–H groups in total. The van der Waals surface area contributed by atoms with Crippen LogP contribution in [0.5, 0.6) is 0 Å². The topological polar surface area (TPSA) is 114 Å². The molecule has 0 fully saturated rings. The molecule has 2 aromatic heterocycles. The van der Waals surface area contributed by atoms with Crippen molar-refractivity contribution in [1.82, 2.24) is 14.6 Å². The Bertz CT molecular complexity index is 1330. The van der Waals surface area contributed by atoms with E-state index in [4.69, 9.17) is 5.73 Å². The maximum absolute atomic E-state index is 13.4. The van der Waals surface area contributed by atoms with E-state index in [-0.39, 0.29) is 17.5 Å². The molecule has 2 aromatic carbocycles. The quantitative estimate of drug-likeness (QED) is 0.401. The summed E-state index contributed by atoms with van der Waals surface area (Å²) in [5, 5.41) is 9.83. The van der Waals surface area contributed by atoms with Gasteiger partial charge >= 0.3 is 6.03 Å². The molecule has 8 heteroatoms. The molecule has 4 aromatic rings. The first kappa shape index (κ1) is 21.0. The number of urea groups is 1. The van der Waals surface area contributed by atoms with Crippen LogP contribution in [-0.2, 0) is 0 Å². The number of nitrogen functional groups attached to an aromatic ring is 1. The zero-order valence-electron chi connectivity index (χ0n) is 18.1. The van der Waals surface area contributed by atoms with Gasteiger partial charge in [-0.1, -0.05) is 38.1 Å². The summed E-state index contributed by atoms with van der Waals surface area (Å²) in [6.07, 6.45) is 1.37. The number of nitrogens with zero attached hydrogens (tertiary/aromatic N) is 3. The summed E-state index contributed by atoms with van der Waals surface area (Å²) in [7, 11) is 0. The molecular weight excluding hydrogens is 404 g/mol. The first-order valence-electron chi connectivity index (χ1n) is 10.2. The zero-order valence-corrected chi connectivity index (χ0v) is 18.1. The van der Waals surface area contributed by atoms with Crippen molar-refractivity contribution in [2.45, 2.75) is 26.7 Å². The fourth-order valence-corrected chi connectivity index (χ4v) is 3.59. The van der Waals surface area contributed by atoms with Crippen LogP contribution < -0.4 is 16.4 Å². The monoisotopic (exact) mass is 428 g/mol. The second-order valence-electron chi connectivity index (χ2n) is 7.90. The number of benzene rings is 2. The molecule has 32 heavy (non-hydrogen) atoms. The van der Waals surface area contributed by atoms with Crippen LogP contribution in [0.2, 0.25) is 0 Å². The molecule has 2 amide bonds. The van der Waals surface area contributed by atoms with Gasteiger partial charge in [-0.25, -0.2) is 14.3 Å². The van der Waals surface area contributed by atoms with Crippen LogP contribution in [-0.4, -0.2) is 26.4 Å². The maximum Gasteiger partial charge on any atom is 0.323 e. The fraction of sp³-hybridized carbons (Fsp3) is 0.167. The molecule has 0 unspecified atom stereocenters. The third-order valence-electron chi connectivity index (χ3n) is 5.10. The highest BCUT2D eigenvalue weighted by atomic mass is 16.2. The highest BCUT2D eigenvalue weighted by Gasteiger charge is 2.22. The smallest absolute Gasteiger partial charge is 0.323 e. The number of aryl methyl sites for hydroxylation is 1. The van der Waals surface area contributed by atoms with Crippen molar-refractivity contribution in [3.63, 3.8) is 0 Å². The average molecular weight is 428 g/mol. The average Bonchev–Trinajstić information content (AvgIpc) is 3.15. The lowest BCUT2D eigenvalue weighted by molar-refractivity contribution is 0.104. The van der Waals surface area contributed by atoms with Gasteiger partial charge in [-0.3, -0.25) is 4.79 Å². The number of carbonyl (C=O) groups excluding carboxylic acids is 2. The summed E-state index contributed by atoms with van der Waals surface area (Å²) in [6, 6.07) is 15.7. The molecule has 162 valence electrons. The van der Waals surface area contributed by atoms with Gasteiger partial charge in [0.2, 0.25) is 0 Å². The number of nitrogens with two attached hydrogens (primary N) is 1. The van der Waals surface area contributed by atoms with E-state index in [1.807, 2.05) is 45.0 Å². The van der Waals surface area contributed by atoms with Crippen LogP contribution in [0.3, 0.4) is 0 Å². The Kier molecular flexibility index (Phi) is 5.59. The Balaban J connectivity index is 1.61. The molecule has 0 aliphatic heterocycles. The van der Waals surface area contributed by atoms with Gasteiger partial charge in [0.1, 0.15) is 11.8 Å². The maximum atomic E-state index is 13.4. The molecule has 0 aliphatic carbocycles. The van der Waals surface area contributed by atoms with E-state index in [0.29, 0.717) is 28.0 Å². The van der Waals surface area contributed by atoms with Crippen molar-refractivity contribution in [3.8, 4) is 0 Å². The van der Waals surface area contributed by atoms with E-state index in [9.17, 15) is 9.59 Å². The SMILES string of the molecule is Cc1cccc(NC(=O)Nc2cccc(C(=O)c3cc(C(C)C)n4ncnc(N)c34)c2)c1. The number of hydrogen-bond acceptors (Lipinski definition) is 5. The van der Waals surface area contributed by atoms with Crippen molar-refractivity contribution in [1.29, 1.82) is 0 Å². The van der Waals surface area contributed by atoms with Gasteiger partial charge in [-0.15, -0.1) is 0 Å². The lowest BCUT2D eigenvalue weighted by Crippen LogP contribution is -2.19. The first-order valence-corrected chi connectivity index (χ1v) is 10.2. The van der Waals surface area contributed by atoms with Crippen LogP contribution in [0, 0.1) is 6.92 Å². The third kappa shape index (κ3) is 4.15. The molecule has 2 heterocycles. The number of carbonyl (C=O) groups is 2. The molecular formula is C24H24N6O2. The molecule has 4 rings (SSSR count). The van der Waals surface area contributed by atoms with E-state index >= 15 is 0 Å². The number of aromatic nitrogens is 3. The van der Waals surface area contributed by atoms with Crippen molar-refractivity contribution < 1.29 is 9.59 Å². The van der Waals surface area contributed by atoms with E-state index in [2.05, 4.69) is 20.7 Å². The minimum Gasteiger partial charge on any atom is -0.382 e. The summed E-state index contributed by atoms with van der Waals surface area (Å²) >= 11 is 0. The predicted molar refractivity (Wildman–Crippen MR) is 125 cm³/mol. The van der Waals surface area contributed by atoms with Crippen LogP contribution >= 0.6 is 0 Å². The minimum atomic E-state index is -0.394. The standard InChI is InChI=1S/C24H24N6O2/c1-14(2)20-12-19(21-23(25)26-13-27-30(20)21)22(31)16-7-5-9-18(11-16)29-24(32)28-17-8-4-6-15(3)10-17/h4-14H,1-3H3,(H2,25,26,27)(H2,28,29,32). The van der Waals surface area contributed by atoms with E-state index in [0.717, 1.165) is 11.3 Å². The van der Waals surface area contributed by atoms with Crippen molar-refractivity contribution in [2.24, 2.45) is 0 Å². The number of amides is 2. The summed E-state index contributed by atoms with van der Waals surface area (Å²) in [6.45, 7) is 5.99. The second-order valence-corrected chi connectivity index (χ2v) is 7.90. The molecule has 0 bridgehead atoms. The van der Waals surface area contributed by atoms with E-state index in [1.165, 1.54) is 6.33 Å². The Morgan fingerprint density at radius 1 is 1.00 bits per heavy atom. The van der Waals surface area contributed by atoms with Crippen molar-refractivity contribution >= 4 is 34.5 Å². The summed E-state index contributed by atoms with van der Waals surface area (Å²) in [5.41, 5.74) is 10.5. The summed E-state index contributed by atoms with van der Waals surface area (Å²) in [5.74, 6) is 0.150. The number of hydrogen-bond donors (Lipinski definition) is 3. The Morgan fingerprint density at radius 3 is 2.38 bits per heavy atom. The molecule has 0 saturated carbocycles. The van der Waals surface area contributed by atoms with Gasteiger partial charge in [-0.2, -0.15) is 5.10 Å². The fourth-order valence-electron chi connectivity index (χ4n) is 3.59. The van der Waals surface area contributed by atoms with Gasteiger partial charge in [0.25, 0.3) is 0 Å².